The van der Waals surface area contributed by atoms with Crippen molar-refractivity contribution in [1.82, 2.24) is 14.8 Å². The minimum atomic E-state index is -0.390. The predicted molar refractivity (Wildman–Crippen MR) is 134 cm³/mol. The Bertz CT molecular complexity index is 1120. The van der Waals surface area contributed by atoms with Crippen molar-refractivity contribution in [2.24, 2.45) is 7.05 Å². The highest BCUT2D eigenvalue weighted by Crippen LogP contribution is 2.26. The Kier molecular flexibility index (Phi) is 9.49. The van der Waals surface area contributed by atoms with E-state index in [-0.39, 0.29) is 17.6 Å². The van der Waals surface area contributed by atoms with Gasteiger partial charge in [-0.1, -0.05) is 41.0 Å². The van der Waals surface area contributed by atoms with Crippen LogP contribution >= 0.6 is 46.7 Å². The third-order valence-corrected chi connectivity index (χ3v) is 7.18. The van der Waals surface area contributed by atoms with E-state index in [0.717, 1.165) is 17.1 Å². The van der Waals surface area contributed by atoms with Gasteiger partial charge < -0.3 is 14.6 Å². The normalized spacial score (nSPS) is 10.8. The summed E-state index contributed by atoms with van der Waals surface area (Å²) < 4.78 is 6.83. The maximum Gasteiger partial charge on any atom is 0.338 e. The smallest absolute Gasteiger partial charge is 0.338 e. The first-order valence-corrected chi connectivity index (χ1v) is 12.9. The monoisotopic (exact) mass is 524 g/mol. The van der Waals surface area contributed by atoms with Gasteiger partial charge in [0, 0.05) is 18.5 Å². The zero-order valence-electron chi connectivity index (χ0n) is 18.0. The summed E-state index contributed by atoms with van der Waals surface area (Å²) >= 11 is 15.0. The summed E-state index contributed by atoms with van der Waals surface area (Å²) in [6.45, 7) is 2.06. The number of nitrogens with zero attached hydrogens (tertiary/aromatic N) is 3. The number of hydrogen-bond acceptors (Lipinski definition) is 7. The molecule has 0 fully saturated rings. The summed E-state index contributed by atoms with van der Waals surface area (Å²) in [6.07, 6.45) is 0. The molecule has 0 atom stereocenters. The molecular weight excluding hydrogens is 503 g/mol. The van der Waals surface area contributed by atoms with Crippen LogP contribution in [0.15, 0.2) is 47.6 Å². The molecule has 0 unspecified atom stereocenters. The molecule has 0 aliphatic carbocycles. The quantitative estimate of drug-likeness (QED) is 0.278. The van der Waals surface area contributed by atoms with Crippen LogP contribution in [-0.4, -0.2) is 39.0 Å². The number of benzene rings is 2. The summed E-state index contributed by atoms with van der Waals surface area (Å²) in [7, 11) is 1.88. The van der Waals surface area contributed by atoms with Crippen LogP contribution in [-0.2, 0) is 28.1 Å². The summed E-state index contributed by atoms with van der Waals surface area (Å²) in [5.41, 5.74) is 2.12. The van der Waals surface area contributed by atoms with Gasteiger partial charge in [-0.25, -0.2) is 4.79 Å². The number of carbonyl (C=O) groups is 2. The number of esters is 1. The molecule has 0 radical (unpaired) electrons. The van der Waals surface area contributed by atoms with Crippen molar-refractivity contribution in [3.63, 3.8) is 0 Å². The van der Waals surface area contributed by atoms with Gasteiger partial charge in [-0.2, -0.15) is 0 Å². The lowest BCUT2D eigenvalue weighted by molar-refractivity contribution is -0.113. The molecular formula is C22H22Cl2N4O3S2. The van der Waals surface area contributed by atoms with E-state index in [1.807, 2.05) is 23.7 Å². The molecule has 11 heteroatoms. The molecule has 0 saturated carbocycles. The number of thioether (sulfide) groups is 2. The Labute approximate surface area is 210 Å². The van der Waals surface area contributed by atoms with E-state index in [1.165, 1.54) is 11.8 Å². The van der Waals surface area contributed by atoms with Gasteiger partial charge in [-0.3, -0.25) is 4.79 Å². The van der Waals surface area contributed by atoms with Gasteiger partial charge in [0.2, 0.25) is 5.91 Å². The van der Waals surface area contributed by atoms with E-state index in [9.17, 15) is 9.59 Å². The third-order valence-electron chi connectivity index (χ3n) is 4.42. The van der Waals surface area contributed by atoms with Crippen molar-refractivity contribution >= 4 is 64.3 Å². The topological polar surface area (TPSA) is 86.1 Å². The van der Waals surface area contributed by atoms with Crippen LogP contribution in [0, 0.1) is 0 Å². The van der Waals surface area contributed by atoms with Crippen molar-refractivity contribution < 1.29 is 14.3 Å². The highest BCUT2D eigenvalue weighted by molar-refractivity contribution is 7.99. The number of nitrogens with one attached hydrogen (secondary N) is 1. The first kappa shape index (κ1) is 25.4. The minimum Gasteiger partial charge on any atom is -0.462 e. The fourth-order valence-electron chi connectivity index (χ4n) is 2.72. The van der Waals surface area contributed by atoms with Crippen molar-refractivity contribution in [3.8, 4) is 0 Å². The van der Waals surface area contributed by atoms with Crippen molar-refractivity contribution in [2.75, 3.05) is 17.7 Å². The van der Waals surface area contributed by atoms with Crippen LogP contribution in [0.3, 0.4) is 0 Å². The van der Waals surface area contributed by atoms with Gasteiger partial charge in [-0.15, -0.1) is 22.0 Å². The number of rotatable bonds is 10. The Morgan fingerprint density at radius 3 is 2.52 bits per heavy atom. The Hall–Kier alpha value is -2.20. The van der Waals surface area contributed by atoms with Gasteiger partial charge in [-0.05, 0) is 48.9 Å². The molecule has 1 aromatic heterocycles. The Morgan fingerprint density at radius 2 is 1.82 bits per heavy atom. The lowest BCUT2D eigenvalue weighted by Crippen LogP contribution is -2.14. The molecule has 0 aliphatic rings. The summed E-state index contributed by atoms with van der Waals surface area (Å²) in [5, 5.41) is 13.0. The molecule has 3 aromatic rings. The second-order valence-corrected chi connectivity index (χ2v) is 9.58. The molecule has 174 valence electrons. The molecule has 1 heterocycles. The number of anilines is 1. The molecule has 0 spiro atoms. The molecule has 0 aliphatic heterocycles. The number of carbonyl (C=O) groups excluding carboxylic acids is 2. The van der Waals surface area contributed by atoms with Crippen molar-refractivity contribution in [1.29, 1.82) is 0 Å². The van der Waals surface area contributed by atoms with Gasteiger partial charge >= 0.3 is 5.97 Å². The van der Waals surface area contributed by atoms with Gasteiger partial charge in [0.1, 0.15) is 5.82 Å². The number of amides is 1. The summed E-state index contributed by atoms with van der Waals surface area (Å²) in [4.78, 5) is 24.0. The molecule has 1 amide bonds. The average molecular weight is 525 g/mol. The molecule has 1 N–H and O–H groups in total. The second kappa shape index (κ2) is 12.3. The fraction of sp³-hybridized carbons (Fsp3) is 0.273. The van der Waals surface area contributed by atoms with Gasteiger partial charge in [0.05, 0.1) is 33.7 Å². The highest BCUT2D eigenvalue weighted by Gasteiger charge is 2.13. The third kappa shape index (κ3) is 7.40. The molecule has 0 bridgehead atoms. The lowest BCUT2D eigenvalue weighted by atomic mass is 10.2. The van der Waals surface area contributed by atoms with Crippen molar-refractivity contribution in [2.45, 2.75) is 23.6 Å². The highest BCUT2D eigenvalue weighted by atomic mass is 35.5. The van der Waals surface area contributed by atoms with E-state index in [2.05, 4.69) is 15.5 Å². The number of ether oxygens (including phenoxy) is 1. The molecule has 2 aromatic carbocycles. The van der Waals surface area contributed by atoms with Crippen LogP contribution in [0.1, 0.15) is 28.7 Å². The SMILES string of the molecule is CCOC(=O)c1ccc(NC(=O)CSc2nnc(CSCc3ccc(Cl)c(Cl)c3)n2C)cc1. The molecule has 0 saturated heterocycles. The fourth-order valence-corrected chi connectivity index (χ4v) is 4.72. The largest absolute Gasteiger partial charge is 0.462 e. The van der Waals surface area contributed by atoms with E-state index in [0.29, 0.717) is 38.8 Å². The Morgan fingerprint density at radius 1 is 1.06 bits per heavy atom. The van der Waals surface area contributed by atoms with Gasteiger partial charge in [0.15, 0.2) is 5.16 Å². The predicted octanol–water partition coefficient (Wildman–Crippen LogP) is 5.46. The minimum absolute atomic E-state index is 0.178. The van der Waals surface area contributed by atoms with Crippen LogP contribution in [0.25, 0.3) is 0 Å². The van der Waals surface area contributed by atoms with Crippen LogP contribution in [0.2, 0.25) is 10.0 Å². The first-order valence-electron chi connectivity index (χ1n) is 9.97. The number of hydrogen-bond donors (Lipinski definition) is 1. The number of aromatic nitrogens is 3. The lowest BCUT2D eigenvalue weighted by Gasteiger charge is -2.07. The molecule has 3 rings (SSSR count). The van der Waals surface area contributed by atoms with Gasteiger partial charge in [0.25, 0.3) is 0 Å². The van der Waals surface area contributed by atoms with Crippen LogP contribution in [0.4, 0.5) is 5.69 Å². The summed E-state index contributed by atoms with van der Waals surface area (Å²) in [5.74, 6) is 1.87. The zero-order chi connectivity index (χ0) is 23.8. The van der Waals surface area contributed by atoms with Crippen LogP contribution in [0.5, 0.6) is 0 Å². The zero-order valence-corrected chi connectivity index (χ0v) is 21.2. The average Bonchev–Trinajstić information content (AvgIpc) is 3.15. The summed E-state index contributed by atoms with van der Waals surface area (Å²) in [6, 6.07) is 12.2. The van der Waals surface area contributed by atoms with E-state index < -0.39 is 0 Å². The maximum absolute atomic E-state index is 12.3. The van der Waals surface area contributed by atoms with E-state index in [4.69, 9.17) is 27.9 Å². The molecule has 33 heavy (non-hydrogen) atoms. The molecule has 7 nitrogen and oxygen atoms in total. The standard InChI is InChI=1S/C22H22Cl2N4O3S2/c1-3-31-21(30)15-5-7-16(8-6-15)25-20(29)13-33-22-27-26-19(28(22)2)12-32-11-14-4-9-17(23)18(24)10-14/h4-10H,3,11-13H2,1-2H3,(H,25,29). The first-order chi connectivity index (χ1) is 15.9. The van der Waals surface area contributed by atoms with Crippen LogP contribution < -0.4 is 5.32 Å². The Balaban J connectivity index is 1.46. The number of halogens is 2. The second-order valence-electron chi connectivity index (χ2n) is 6.83. The van der Waals surface area contributed by atoms with E-state index >= 15 is 0 Å². The maximum atomic E-state index is 12.3. The van der Waals surface area contributed by atoms with Crippen molar-refractivity contribution in [3.05, 3.63) is 69.5 Å². The van der Waals surface area contributed by atoms with E-state index in [1.54, 1.807) is 49.0 Å².